The summed E-state index contributed by atoms with van der Waals surface area (Å²) in [6, 6.07) is 16.7. The Hall–Kier alpha value is -4.13. The predicted octanol–water partition coefficient (Wildman–Crippen LogP) is 4.44. The summed E-state index contributed by atoms with van der Waals surface area (Å²) in [5.41, 5.74) is 2.58. The molecule has 0 aliphatic heterocycles. The summed E-state index contributed by atoms with van der Waals surface area (Å²) in [6.07, 6.45) is 4.70. The number of pyridine rings is 1. The first kappa shape index (κ1) is 20.2. The van der Waals surface area contributed by atoms with Crippen LogP contribution in [0.1, 0.15) is 22.8 Å². The fourth-order valence-electron chi connectivity index (χ4n) is 3.32. The van der Waals surface area contributed by atoms with Crippen molar-refractivity contribution in [2.75, 3.05) is 5.32 Å². The molecule has 0 spiro atoms. The number of carbonyl (C=O) groups is 1. The van der Waals surface area contributed by atoms with E-state index >= 15 is 0 Å². The van der Waals surface area contributed by atoms with Crippen molar-refractivity contribution in [1.82, 2.24) is 14.8 Å². The molecular formula is C24H19FN4O2. The highest BCUT2D eigenvalue weighted by molar-refractivity contribution is 6.02. The number of anilines is 2. The molecule has 0 amide bonds. The van der Waals surface area contributed by atoms with Crippen molar-refractivity contribution in [2.24, 2.45) is 0 Å². The zero-order valence-corrected chi connectivity index (χ0v) is 16.7. The third-order valence-electron chi connectivity index (χ3n) is 4.80. The third kappa shape index (κ3) is 4.40. The van der Waals surface area contributed by atoms with Gasteiger partial charge in [0.25, 0.3) is 5.56 Å². The van der Waals surface area contributed by atoms with Crippen molar-refractivity contribution >= 4 is 17.2 Å². The molecule has 0 aliphatic carbocycles. The minimum atomic E-state index is -0.391. The van der Waals surface area contributed by atoms with Crippen molar-refractivity contribution in [3.63, 3.8) is 0 Å². The molecule has 0 saturated heterocycles. The normalized spacial score (nSPS) is 10.6. The quantitative estimate of drug-likeness (QED) is 0.472. The smallest absolute Gasteiger partial charge is 0.275 e. The number of Topliss-reactive ketones (excluding diaryl/α,β-unsaturated/α-hetero) is 1. The van der Waals surface area contributed by atoms with Crippen molar-refractivity contribution in [3.8, 4) is 11.1 Å². The zero-order chi connectivity index (χ0) is 21.8. The van der Waals surface area contributed by atoms with Crippen LogP contribution >= 0.6 is 0 Å². The molecule has 7 heteroatoms. The van der Waals surface area contributed by atoms with E-state index in [4.69, 9.17) is 0 Å². The molecule has 154 valence electrons. The van der Waals surface area contributed by atoms with Gasteiger partial charge in [0.2, 0.25) is 0 Å². The highest BCUT2D eigenvalue weighted by Crippen LogP contribution is 2.30. The topological polar surface area (TPSA) is 76.9 Å². The number of rotatable bonds is 6. The van der Waals surface area contributed by atoms with E-state index in [9.17, 15) is 14.0 Å². The van der Waals surface area contributed by atoms with Crippen molar-refractivity contribution in [1.29, 1.82) is 0 Å². The highest BCUT2D eigenvalue weighted by atomic mass is 19.1. The summed E-state index contributed by atoms with van der Waals surface area (Å²) in [5, 5.41) is 7.35. The number of nitrogens with zero attached hydrogens (tertiary/aromatic N) is 3. The van der Waals surface area contributed by atoms with Gasteiger partial charge in [-0.2, -0.15) is 5.10 Å². The summed E-state index contributed by atoms with van der Waals surface area (Å²) < 4.78 is 15.0. The van der Waals surface area contributed by atoms with E-state index in [2.05, 4.69) is 15.4 Å². The minimum Gasteiger partial charge on any atom is -0.355 e. The average Bonchev–Trinajstić information content (AvgIpc) is 2.76. The fraction of sp³-hybridized carbons (Fsp3) is 0.0833. The number of hydrogen-bond donors (Lipinski definition) is 1. The number of nitrogens with one attached hydrogen (secondary N) is 1. The number of ketones is 1. The van der Waals surface area contributed by atoms with Crippen molar-refractivity contribution < 1.29 is 9.18 Å². The molecule has 6 nitrogen and oxygen atoms in total. The maximum absolute atomic E-state index is 13.6. The molecule has 0 unspecified atom stereocenters. The molecule has 4 rings (SSSR count). The zero-order valence-electron chi connectivity index (χ0n) is 16.7. The van der Waals surface area contributed by atoms with Gasteiger partial charge in [0, 0.05) is 29.3 Å². The van der Waals surface area contributed by atoms with E-state index < -0.39 is 5.56 Å². The van der Waals surface area contributed by atoms with Gasteiger partial charge in [0.15, 0.2) is 5.78 Å². The monoisotopic (exact) mass is 414 g/mol. The van der Waals surface area contributed by atoms with Gasteiger partial charge in [0.1, 0.15) is 5.82 Å². The van der Waals surface area contributed by atoms with Crippen LogP contribution in [0.5, 0.6) is 0 Å². The van der Waals surface area contributed by atoms with E-state index in [0.717, 1.165) is 5.56 Å². The Bertz CT molecular complexity index is 1300. The number of benzene rings is 2. The Morgan fingerprint density at radius 1 is 1.06 bits per heavy atom. The molecule has 0 saturated carbocycles. The molecule has 31 heavy (non-hydrogen) atoms. The Morgan fingerprint density at radius 2 is 1.84 bits per heavy atom. The largest absolute Gasteiger partial charge is 0.355 e. The van der Waals surface area contributed by atoms with Crippen LogP contribution in [0, 0.1) is 5.82 Å². The minimum absolute atomic E-state index is 0.226. The van der Waals surface area contributed by atoms with Crippen LogP contribution in [-0.4, -0.2) is 20.5 Å². The van der Waals surface area contributed by atoms with E-state index in [1.165, 1.54) is 29.9 Å². The number of para-hydroxylation sites is 1. The summed E-state index contributed by atoms with van der Waals surface area (Å²) in [4.78, 5) is 29.7. The van der Waals surface area contributed by atoms with Crippen LogP contribution in [0.2, 0.25) is 0 Å². The van der Waals surface area contributed by atoms with Crippen LogP contribution in [0.4, 0.5) is 15.8 Å². The Balaban J connectivity index is 1.84. The molecule has 2 aromatic carbocycles. The van der Waals surface area contributed by atoms with Gasteiger partial charge in [-0.15, -0.1) is 0 Å². The van der Waals surface area contributed by atoms with Crippen LogP contribution in [0.3, 0.4) is 0 Å². The molecule has 0 atom stereocenters. The van der Waals surface area contributed by atoms with Crippen LogP contribution in [0.25, 0.3) is 11.1 Å². The van der Waals surface area contributed by atoms with Gasteiger partial charge in [-0.05, 0) is 48.9 Å². The number of hydrogen-bond acceptors (Lipinski definition) is 5. The molecule has 4 aromatic rings. The molecule has 0 aliphatic rings. The van der Waals surface area contributed by atoms with E-state index in [-0.39, 0.29) is 29.3 Å². The lowest BCUT2D eigenvalue weighted by atomic mass is 9.98. The first-order valence-electron chi connectivity index (χ1n) is 9.65. The van der Waals surface area contributed by atoms with Crippen LogP contribution in [-0.2, 0) is 6.54 Å². The Labute approximate surface area is 178 Å². The Morgan fingerprint density at radius 3 is 2.58 bits per heavy atom. The third-order valence-corrected chi connectivity index (χ3v) is 4.80. The van der Waals surface area contributed by atoms with E-state index in [0.29, 0.717) is 16.9 Å². The van der Waals surface area contributed by atoms with Gasteiger partial charge in [-0.1, -0.05) is 24.3 Å². The molecule has 0 radical (unpaired) electrons. The summed E-state index contributed by atoms with van der Waals surface area (Å²) in [6.45, 7) is 1.64. The number of aromatic nitrogens is 3. The standard InChI is InChI=1S/C24H19FN4O2/c1-16(30)21-14-27-29(15-17-9-11-26-12-10-17)24(31)23(21)20-7-2-3-8-22(20)28-19-6-4-5-18(25)13-19/h2-14,28H,15H2,1H3. The van der Waals surface area contributed by atoms with E-state index in [1.54, 1.807) is 60.9 Å². The fourth-order valence-corrected chi connectivity index (χ4v) is 3.32. The van der Waals surface area contributed by atoms with E-state index in [1.807, 2.05) is 0 Å². The van der Waals surface area contributed by atoms with Crippen molar-refractivity contribution in [2.45, 2.75) is 13.5 Å². The Kier molecular flexibility index (Phi) is 5.66. The maximum atomic E-state index is 13.6. The second kappa shape index (κ2) is 8.71. The van der Waals surface area contributed by atoms with Gasteiger partial charge in [0.05, 0.1) is 23.9 Å². The molecule has 1 N–H and O–H groups in total. The maximum Gasteiger partial charge on any atom is 0.275 e. The molecule has 0 fully saturated rings. The lowest BCUT2D eigenvalue weighted by molar-refractivity contribution is 0.101. The van der Waals surface area contributed by atoms with Gasteiger partial charge < -0.3 is 5.32 Å². The first-order chi connectivity index (χ1) is 15.0. The second-order valence-electron chi connectivity index (χ2n) is 6.99. The SMILES string of the molecule is CC(=O)c1cnn(Cc2ccncc2)c(=O)c1-c1ccccc1Nc1cccc(F)c1. The summed E-state index contributed by atoms with van der Waals surface area (Å²) in [5.74, 6) is -0.647. The van der Waals surface area contributed by atoms with Crippen molar-refractivity contribution in [3.05, 3.63) is 107 Å². The molecule has 2 heterocycles. The number of carbonyl (C=O) groups excluding carboxylic acids is 1. The average molecular weight is 414 g/mol. The molecular weight excluding hydrogens is 395 g/mol. The second-order valence-corrected chi connectivity index (χ2v) is 6.99. The summed E-state index contributed by atoms with van der Waals surface area (Å²) in [7, 11) is 0. The molecule has 0 bridgehead atoms. The summed E-state index contributed by atoms with van der Waals surface area (Å²) >= 11 is 0. The van der Waals surface area contributed by atoms with Crippen LogP contribution < -0.4 is 10.9 Å². The lowest BCUT2D eigenvalue weighted by Crippen LogP contribution is -2.27. The van der Waals surface area contributed by atoms with Gasteiger partial charge in [-0.3, -0.25) is 14.6 Å². The van der Waals surface area contributed by atoms with Gasteiger partial charge in [-0.25, -0.2) is 9.07 Å². The highest BCUT2D eigenvalue weighted by Gasteiger charge is 2.19. The van der Waals surface area contributed by atoms with Crippen LogP contribution in [0.15, 0.2) is 84.0 Å². The number of halogens is 1. The predicted molar refractivity (Wildman–Crippen MR) is 117 cm³/mol. The van der Waals surface area contributed by atoms with Gasteiger partial charge >= 0.3 is 0 Å². The molecule has 2 aromatic heterocycles. The first-order valence-corrected chi connectivity index (χ1v) is 9.65. The lowest BCUT2D eigenvalue weighted by Gasteiger charge is -2.15.